The summed E-state index contributed by atoms with van der Waals surface area (Å²) in [6, 6.07) is 9.64. The smallest absolute Gasteiger partial charge is 0.323 e. The molecule has 132 valence electrons. The van der Waals surface area contributed by atoms with Crippen LogP contribution in [0.2, 0.25) is 0 Å². The van der Waals surface area contributed by atoms with Crippen molar-refractivity contribution in [3.8, 4) is 17.0 Å². The summed E-state index contributed by atoms with van der Waals surface area (Å²) in [7, 11) is 3.49. The van der Waals surface area contributed by atoms with Crippen molar-refractivity contribution >= 4 is 11.8 Å². The Hall–Kier alpha value is -2.50. The maximum absolute atomic E-state index is 12.6. The van der Waals surface area contributed by atoms with Gasteiger partial charge in [-0.2, -0.15) is 5.10 Å². The molecule has 1 saturated carbocycles. The quantitative estimate of drug-likeness (QED) is 0.930. The van der Waals surface area contributed by atoms with Gasteiger partial charge >= 0.3 is 6.03 Å². The van der Waals surface area contributed by atoms with E-state index in [-0.39, 0.29) is 6.03 Å². The van der Waals surface area contributed by atoms with Crippen LogP contribution in [0.1, 0.15) is 25.7 Å². The Morgan fingerprint density at radius 3 is 2.80 bits per heavy atom. The highest BCUT2D eigenvalue weighted by atomic mass is 16.5. The van der Waals surface area contributed by atoms with Gasteiger partial charge in [-0.3, -0.25) is 10.00 Å². The molecular weight excluding hydrogens is 316 g/mol. The first kappa shape index (κ1) is 16.0. The number of aromatic nitrogens is 2. The molecule has 1 N–H and O–H groups in total. The van der Waals surface area contributed by atoms with Crippen molar-refractivity contribution in [3.63, 3.8) is 0 Å². The number of carbonyl (C=O) groups excluding carboxylic acids is 1. The lowest BCUT2D eigenvalue weighted by atomic mass is 9.68. The van der Waals surface area contributed by atoms with Crippen LogP contribution < -0.4 is 10.1 Å². The van der Waals surface area contributed by atoms with Gasteiger partial charge in [-0.15, -0.1) is 0 Å². The van der Waals surface area contributed by atoms with Gasteiger partial charge in [0.25, 0.3) is 0 Å². The minimum atomic E-state index is -0.0241. The van der Waals surface area contributed by atoms with Crippen molar-refractivity contribution in [1.82, 2.24) is 14.7 Å². The van der Waals surface area contributed by atoms with E-state index in [0.29, 0.717) is 11.2 Å². The second kappa shape index (κ2) is 6.10. The number of ether oxygens (including phenoxy) is 1. The second-order valence-corrected chi connectivity index (χ2v) is 7.23. The average molecular weight is 340 g/mol. The van der Waals surface area contributed by atoms with E-state index < -0.39 is 0 Å². The topological polar surface area (TPSA) is 59.4 Å². The number of nitrogens with zero attached hydrogens (tertiary/aromatic N) is 3. The summed E-state index contributed by atoms with van der Waals surface area (Å²) in [5.74, 6) is 1.49. The van der Waals surface area contributed by atoms with Gasteiger partial charge in [-0.1, -0.05) is 18.6 Å². The Kier molecular flexibility index (Phi) is 3.90. The SMILES string of the molecule is COc1cccc(-c2cc(NC(=O)N3CCC4(CCC4)C3)n(C)n2)c1. The molecular formula is C19H24N4O2. The highest BCUT2D eigenvalue weighted by molar-refractivity contribution is 5.89. The predicted molar refractivity (Wildman–Crippen MR) is 96.7 cm³/mol. The van der Waals surface area contributed by atoms with Crippen LogP contribution >= 0.6 is 0 Å². The molecule has 1 spiro atoms. The highest BCUT2D eigenvalue weighted by Gasteiger charge is 2.44. The largest absolute Gasteiger partial charge is 0.497 e. The first-order valence-electron chi connectivity index (χ1n) is 8.83. The zero-order valence-electron chi connectivity index (χ0n) is 14.8. The Labute approximate surface area is 147 Å². The number of hydrogen-bond acceptors (Lipinski definition) is 3. The van der Waals surface area contributed by atoms with E-state index in [9.17, 15) is 4.79 Å². The van der Waals surface area contributed by atoms with Crippen molar-refractivity contribution in [1.29, 1.82) is 0 Å². The van der Waals surface area contributed by atoms with Gasteiger partial charge in [0.05, 0.1) is 12.8 Å². The maximum Gasteiger partial charge on any atom is 0.323 e. The molecule has 0 bridgehead atoms. The maximum atomic E-state index is 12.6. The van der Waals surface area contributed by atoms with E-state index in [1.807, 2.05) is 42.3 Å². The molecule has 1 aliphatic heterocycles. The lowest BCUT2D eigenvalue weighted by Crippen LogP contribution is -2.38. The monoisotopic (exact) mass is 340 g/mol. The molecule has 0 atom stereocenters. The van der Waals surface area contributed by atoms with Gasteiger partial charge in [0, 0.05) is 31.8 Å². The second-order valence-electron chi connectivity index (χ2n) is 7.23. The molecule has 0 radical (unpaired) electrons. The first-order valence-corrected chi connectivity index (χ1v) is 8.83. The Bertz CT molecular complexity index is 794. The minimum Gasteiger partial charge on any atom is -0.497 e. The van der Waals surface area contributed by atoms with Crippen molar-refractivity contribution in [2.24, 2.45) is 12.5 Å². The van der Waals surface area contributed by atoms with Crippen LogP contribution in [0, 0.1) is 5.41 Å². The van der Waals surface area contributed by atoms with E-state index in [1.54, 1.807) is 11.8 Å². The van der Waals surface area contributed by atoms with Gasteiger partial charge in [-0.05, 0) is 36.8 Å². The number of aryl methyl sites for hydroxylation is 1. The summed E-state index contributed by atoms with van der Waals surface area (Å²) >= 11 is 0. The van der Waals surface area contributed by atoms with Gasteiger partial charge in [0.1, 0.15) is 11.6 Å². The normalized spacial score (nSPS) is 18.2. The molecule has 0 unspecified atom stereocenters. The van der Waals surface area contributed by atoms with Gasteiger partial charge in [-0.25, -0.2) is 4.79 Å². The van der Waals surface area contributed by atoms with Crippen molar-refractivity contribution in [2.45, 2.75) is 25.7 Å². The number of amides is 2. The summed E-state index contributed by atoms with van der Waals surface area (Å²) in [5, 5.41) is 7.53. The number of urea groups is 1. The summed E-state index contributed by atoms with van der Waals surface area (Å²) in [4.78, 5) is 14.5. The molecule has 6 nitrogen and oxygen atoms in total. The third kappa shape index (κ3) is 2.97. The molecule has 2 aliphatic rings. The van der Waals surface area contributed by atoms with Crippen LogP contribution in [0.4, 0.5) is 10.6 Å². The first-order chi connectivity index (χ1) is 12.1. The molecule has 2 aromatic rings. The van der Waals surface area contributed by atoms with Crippen LogP contribution in [0.5, 0.6) is 5.75 Å². The van der Waals surface area contributed by atoms with E-state index in [4.69, 9.17) is 4.74 Å². The molecule has 2 amide bonds. The molecule has 6 heteroatoms. The van der Waals surface area contributed by atoms with Gasteiger partial charge in [0.2, 0.25) is 0 Å². The Morgan fingerprint density at radius 1 is 1.28 bits per heavy atom. The summed E-state index contributed by atoms with van der Waals surface area (Å²) < 4.78 is 6.98. The fourth-order valence-electron chi connectivity index (χ4n) is 3.89. The number of hydrogen-bond donors (Lipinski definition) is 1. The van der Waals surface area contributed by atoms with Crippen LogP contribution in [0.25, 0.3) is 11.3 Å². The molecule has 1 aromatic heterocycles. The van der Waals surface area contributed by atoms with Crippen LogP contribution in [-0.4, -0.2) is 40.9 Å². The lowest BCUT2D eigenvalue weighted by Gasteiger charge is -2.37. The van der Waals surface area contributed by atoms with E-state index in [2.05, 4.69) is 10.4 Å². The minimum absolute atomic E-state index is 0.0241. The molecule has 25 heavy (non-hydrogen) atoms. The molecule has 1 aromatic carbocycles. The van der Waals surface area contributed by atoms with Crippen molar-refractivity contribution in [2.75, 3.05) is 25.5 Å². The van der Waals surface area contributed by atoms with Gasteiger partial charge < -0.3 is 9.64 Å². The third-order valence-corrected chi connectivity index (χ3v) is 5.62. The predicted octanol–water partition coefficient (Wildman–Crippen LogP) is 3.50. The number of anilines is 1. The fraction of sp³-hybridized carbons (Fsp3) is 0.474. The fourth-order valence-corrected chi connectivity index (χ4v) is 3.89. The lowest BCUT2D eigenvalue weighted by molar-refractivity contribution is 0.144. The molecule has 4 rings (SSSR count). The van der Waals surface area contributed by atoms with Crippen molar-refractivity contribution in [3.05, 3.63) is 30.3 Å². The summed E-state index contributed by atoms with van der Waals surface area (Å²) in [6.07, 6.45) is 4.98. The standard InChI is InChI=1S/C19H24N4O2/c1-22-17(12-16(21-22)14-5-3-6-15(11-14)25-2)20-18(24)23-10-9-19(13-23)7-4-8-19/h3,5-6,11-12H,4,7-10,13H2,1-2H3,(H,20,24). The zero-order valence-corrected chi connectivity index (χ0v) is 14.8. The number of rotatable bonds is 3. The number of methoxy groups -OCH3 is 1. The van der Waals surface area contributed by atoms with Gasteiger partial charge in [0.15, 0.2) is 0 Å². The van der Waals surface area contributed by atoms with Crippen molar-refractivity contribution < 1.29 is 9.53 Å². The summed E-state index contributed by atoms with van der Waals surface area (Å²) in [5.41, 5.74) is 2.19. The molecule has 2 fully saturated rings. The van der Waals surface area contributed by atoms with Crippen LogP contribution in [0.3, 0.4) is 0 Å². The molecule has 1 aliphatic carbocycles. The zero-order chi connectivity index (χ0) is 17.4. The third-order valence-electron chi connectivity index (χ3n) is 5.62. The summed E-state index contributed by atoms with van der Waals surface area (Å²) in [6.45, 7) is 1.74. The Balaban J connectivity index is 1.48. The number of nitrogens with one attached hydrogen (secondary N) is 1. The average Bonchev–Trinajstić information content (AvgIpc) is 3.20. The van der Waals surface area contributed by atoms with Crippen LogP contribution in [-0.2, 0) is 7.05 Å². The van der Waals surface area contributed by atoms with E-state index >= 15 is 0 Å². The van der Waals surface area contributed by atoms with Crippen LogP contribution in [0.15, 0.2) is 30.3 Å². The number of carbonyl (C=O) groups is 1. The van der Waals surface area contributed by atoms with E-state index in [1.165, 1.54) is 19.3 Å². The number of likely N-dealkylation sites (tertiary alicyclic amines) is 1. The molecule has 2 heterocycles. The highest BCUT2D eigenvalue weighted by Crippen LogP contribution is 2.48. The number of benzene rings is 1. The molecule has 1 saturated heterocycles. The Morgan fingerprint density at radius 2 is 2.12 bits per heavy atom. The van der Waals surface area contributed by atoms with E-state index in [0.717, 1.165) is 36.5 Å².